The molecule has 7 nitrogen and oxygen atoms in total. The third-order valence-electron chi connectivity index (χ3n) is 5.10. The molecule has 0 atom stereocenters. The molecule has 0 N–H and O–H groups in total. The molecule has 0 aliphatic rings. The number of nitrogens with zero attached hydrogens (tertiary/aromatic N) is 5. The molecule has 158 valence electrons. The quantitative estimate of drug-likeness (QED) is 0.310. The van der Waals surface area contributed by atoms with Crippen molar-refractivity contribution in [1.29, 1.82) is 0 Å². The van der Waals surface area contributed by atoms with Gasteiger partial charge in [0.1, 0.15) is 11.3 Å². The van der Waals surface area contributed by atoms with Crippen molar-refractivity contribution in [3.8, 4) is 5.69 Å². The maximum Gasteiger partial charge on any atom is 0.278 e. The van der Waals surface area contributed by atoms with E-state index in [0.717, 1.165) is 11.8 Å². The molecule has 0 fully saturated rings. The van der Waals surface area contributed by atoms with Crippen molar-refractivity contribution in [1.82, 2.24) is 24.5 Å². The Bertz CT molecular complexity index is 1610. The van der Waals surface area contributed by atoms with Crippen molar-refractivity contribution < 1.29 is 4.39 Å². The minimum Gasteiger partial charge on any atom is -0.268 e. The molecule has 3 aromatic carbocycles. The number of aryl methyl sites for hydroxylation is 1. The summed E-state index contributed by atoms with van der Waals surface area (Å²) in [7, 11) is 0. The number of para-hydroxylation sites is 1. The number of fused-ring (bicyclic) bond motifs is 2. The van der Waals surface area contributed by atoms with Crippen molar-refractivity contribution in [2.45, 2.75) is 18.0 Å². The maximum atomic E-state index is 14.3. The highest BCUT2D eigenvalue weighted by Gasteiger charge is 2.15. The zero-order valence-electron chi connectivity index (χ0n) is 16.9. The second kappa shape index (κ2) is 8.01. The number of rotatable bonds is 4. The van der Waals surface area contributed by atoms with E-state index in [2.05, 4.69) is 15.3 Å². The highest BCUT2D eigenvalue weighted by atomic mass is 32.2. The van der Waals surface area contributed by atoms with Crippen LogP contribution in [0.15, 0.2) is 81.5 Å². The molecule has 0 bridgehead atoms. The van der Waals surface area contributed by atoms with Gasteiger partial charge < -0.3 is 0 Å². The summed E-state index contributed by atoms with van der Waals surface area (Å²) in [5.41, 5.74) is 1.24. The maximum absolute atomic E-state index is 14.3. The molecule has 0 unspecified atom stereocenters. The highest BCUT2D eigenvalue weighted by Crippen LogP contribution is 2.23. The van der Waals surface area contributed by atoms with Gasteiger partial charge in [0.05, 0.1) is 27.9 Å². The molecule has 5 rings (SSSR count). The monoisotopic (exact) mass is 445 g/mol. The molecule has 0 aliphatic carbocycles. The van der Waals surface area contributed by atoms with Gasteiger partial charge in [-0.2, -0.15) is 4.68 Å². The van der Waals surface area contributed by atoms with Crippen LogP contribution in [0.25, 0.3) is 27.5 Å². The summed E-state index contributed by atoms with van der Waals surface area (Å²) >= 11 is 1.15. The molecule has 0 spiro atoms. The molecule has 0 amide bonds. The van der Waals surface area contributed by atoms with Gasteiger partial charge in [-0.3, -0.25) is 14.2 Å². The summed E-state index contributed by atoms with van der Waals surface area (Å²) < 4.78 is 16.9. The van der Waals surface area contributed by atoms with Crippen molar-refractivity contribution in [3.05, 3.63) is 98.8 Å². The van der Waals surface area contributed by atoms with E-state index in [1.54, 1.807) is 67.6 Å². The molecule has 2 aromatic heterocycles. The van der Waals surface area contributed by atoms with Crippen LogP contribution in [-0.4, -0.2) is 24.5 Å². The Hall–Kier alpha value is -3.85. The van der Waals surface area contributed by atoms with Crippen LogP contribution in [0.3, 0.4) is 0 Å². The normalized spacial score (nSPS) is 11.3. The molecular weight excluding hydrogens is 429 g/mol. The summed E-state index contributed by atoms with van der Waals surface area (Å²) in [4.78, 5) is 30.7. The smallest absolute Gasteiger partial charge is 0.268 e. The second-order valence-electron chi connectivity index (χ2n) is 7.17. The van der Waals surface area contributed by atoms with E-state index in [1.165, 1.54) is 15.3 Å². The number of thioether (sulfide) groups is 1. The Morgan fingerprint density at radius 3 is 2.34 bits per heavy atom. The van der Waals surface area contributed by atoms with Gasteiger partial charge in [0, 0.05) is 0 Å². The Morgan fingerprint density at radius 2 is 1.59 bits per heavy atom. The molecule has 9 heteroatoms. The van der Waals surface area contributed by atoms with Crippen LogP contribution in [0.4, 0.5) is 4.39 Å². The van der Waals surface area contributed by atoms with Crippen LogP contribution in [-0.2, 0) is 5.88 Å². The Balaban J connectivity index is 1.63. The minimum absolute atomic E-state index is 0.0792. The summed E-state index contributed by atoms with van der Waals surface area (Å²) in [5.74, 6) is -0.342. The average Bonchev–Trinajstić information content (AvgIpc) is 2.81. The van der Waals surface area contributed by atoms with Gasteiger partial charge in [-0.15, -0.1) is 5.10 Å². The van der Waals surface area contributed by atoms with Crippen LogP contribution in [0.2, 0.25) is 0 Å². The summed E-state index contributed by atoms with van der Waals surface area (Å²) in [5, 5.41) is 9.26. The van der Waals surface area contributed by atoms with Crippen molar-refractivity contribution >= 4 is 33.6 Å². The van der Waals surface area contributed by atoms with Gasteiger partial charge in [0.2, 0.25) is 0 Å². The number of hydrogen-bond donors (Lipinski definition) is 0. The first-order valence-corrected chi connectivity index (χ1v) is 10.7. The van der Waals surface area contributed by atoms with Crippen LogP contribution >= 0.6 is 11.8 Å². The van der Waals surface area contributed by atoms with E-state index in [1.807, 2.05) is 0 Å². The van der Waals surface area contributed by atoms with Gasteiger partial charge in [-0.25, -0.2) is 9.37 Å². The first kappa shape index (κ1) is 20.1. The van der Waals surface area contributed by atoms with Crippen molar-refractivity contribution in [3.63, 3.8) is 0 Å². The van der Waals surface area contributed by atoms with Gasteiger partial charge in [-0.05, 0) is 48.9 Å². The van der Waals surface area contributed by atoms with Crippen LogP contribution in [0.1, 0.15) is 5.56 Å². The molecule has 0 radical (unpaired) electrons. The van der Waals surface area contributed by atoms with Gasteiger partial charge >= 0.3 is 0 Å². The lowest BCUT2D eigenvalue weighted by Gasteiger charge is -2.14. The number of hydrogen-bond acceptors (Lipinski definition) is 6. The molecule has 5 aromatic rings. The number of halogens is 1. The standard InChI is InChI=1S/C23H16FN5O2S/c1-14-10-11-15(12-18(14)24)29-22(31)16-6-2-4-8-19(16)25-23(29)32-13-28-21(30)17-7-3-5-9-20(17)26-27-28/h2-12H,13H2,1H3. The predicted molar refractivity (Wildman–Crippen MR) is 122 cm³/mol. The third kappa shape index (κ3) is 3.46. The fraction of sp³-hybridized carbons (Fsp3) is 0.0870. The first-order chi connectivity index (χ1) is 15.5. The van der Waals surface area contributed by atoms with E-state index in [4.69, 9.17) is 0 Å². The lowest BCUT2D eigenvalue weighted by atomic mass is 10.2. The van der Waals surface area contributed by atoms with E-state index in [0.29, 0.717) is 38.2 Å². The highest BCUT2D eigenvalue weighted by molar-refractivity contribution is 7.98. The molecule has 0 aliphatic heterocycles. The summed E-state index contributed by atoms with van der Waals surface area (Å²) in [6.45, 7) is 1.65. The van der Waals surface area contributed by atoms with Crippen molar-refractivity contribution in [2.75, 3.05) is 0 Å². The van der Waals surface area contributed by atoms with Crippen molar-refractivity contribution in [2.24, 2.45) is 0 Å². The predicted octanol–water partition coefficient (Wildman–Crippen LogP) is 3.69. The van der Waals surface area contributed by atoms with E-state index in [-0.39, 0.29) is 17.0 Å². The number of aromatic nitrogens is 5. The fourth-order valence-corrected chi connectivity index (χ4v) is 4.27. The molecule has 32 heavy (non-hydrogen) atoms. The molecule has 0 saturated carbocycles. The van der Waals surface area contributed by atoms with Gasteiger partial charge in [0.25, 0.3) is 11.1 Å². The Kier molecular flexibility index (Phi) is 5.02. The largest absolute Gasteiger partial charge is 0.278 e. The molecule has 0 saturated heterocycles. The minimum atomic E-state index is -0.421. The zero-order chi connectivity index (χ0) is 22.2. The van der Waals surface area contributed by atoms with E-state index >= 15 is 0 Å². The van der Waals surface area contributed by atoms with Crippen LogP contribution in [0, 0.1) is 12.7 Å². The molecule has 2 heterocycles. The average molecular weight is 445 g/mol. The SMILES string of the molecule is Cc1ccc(-n2c(SCn3nnc4ccccc4c3=O)nc3ccccc3c2=O)cc1F. The Labute approximate surface area is 185 Å². The third-order valence-corrected chi connectivity index (χ3v) is 6.01. The fourth-order valence-electron chi connectivity index (χ4n) is 3.38. The first-order valence-electron chi connectivity index (χ1n) is 9.76. The summed E-state index contributed by atoms with van der Waals surface area (Å²) in [6, 6.07) is 18.5. The van der Waals surface area contributed by atoms with E-state index in [9.17, 15) is 14.0 Å². The topological polar surface area (TPSA) is 82.7 Å². The Morgan fingerprint density at radius 1 is 0.906 bits per heavy atom. The van der Waals surface area contributed by atoms with Crippen LogP contribution in [0.5, 0.6) is 0 Å². The lowest BCUT2D eigenvalue weighted by molar-refractivity contribution is 0.615. The van der Waals surface area contributed by atoms with Crippen LogP contribution < -0.4 is 11.1 Å². The van der Waals surface area contributed by atoms with Gasteiger partial charge in [0.15, 0.2) is 5.16 Å². The molecular formula is C23H16FN5O2S. The zero-order valence-corrected chi connectivity index (χ0v) is 17.7. The van der Waals surface area contributed by atoms with E-state index < -0.39 is 5.82 Å². The van der Waals surface area contributed by atoms with Gasteiger partial charge in [-0.1, -0.05) is 47.3 Å². The second-order valence-corrected chi connectivity index (χ2v) is 8.08. The number of benzene rings is 3. The lowest BCUT2D eigenvalue weighted by Crippen LogP contribution is -2.25. The summed E-state index contributed by atoms with van der Waals surface area (Å²) in [6.07, 6.45) is 0.